The van der Waals surface area contributed by atoms with Crippen LogP contribution in [0.5, 0.6) is 0 Å². The first-order valence-corrected chi connectivity index (χ1v) is 3.46. The van der Waals surface area contributed by atoms with Crippen molar-refractivity contribution in [2.75, 3.05) is 5.75 Å². The second-order valence-electron chi connectivity index (χ2n) is 1.43. The first kappa shape index (κ1) is 7.66. The molecule has 7 heavy (non-hydrogen) atoms. The van der Waals surface area contributed by atoms with Crippen molar-refractivity contribution in [1.29, 1.82) is 0 Å². The van der Waals surface area contributed by atoms with Crippen LogP contribution in [0.3, 0.4) is 0 Å². The van der Waals surface area contributed by atoms with Gasteiger partial charge in [-0.05, 0) is 18.6 Å². The Kier molecular flexibility index (Phi) is 5.26. The fourth-order valence-corrected chi connectivity index (χ4v) is 0.666. The normalized spacial score (nSPS) is 14.1. The van der Waals surface area contributed by atoms with Gasteiger partial charge in [-0.1, -0.05) is 0 Å². The molecule has 0 aliphatic rings. The molecule has 0 bridgehead atoms. The second-order valence-corrected chi connectivity index (χ2v) is 2.54. The standard InChI is InChI=1S/C4H11NS2/c5-4(7)2-1-3-6/h4,6-7H,1-3,5H2. The Bertz CT molecular complexity index is 38.7. The maximum absolute atomic E-state index is 5.31. The number of hydrogen-bond donors (Lipinski definition) is 3. The molecule has 0 fully saturated rings. The summed E-state index contributed by atoms with van der Waals surface area (Å²) < 4.78 is 0. The van der Waals surface area contributed by atoms with E-state index in [1.54, 1.807) is 0 Å². The summed E-state index contributed by atoms with van der Waals surface area (Å²) >= 11 is 7.98. The molecule has 0 aliphatic carbocycles. The summed E-state index contributed by atoms with van der Waals surface area (Å²) in [4.78, 5) is 0. The van der Waals surface area contributed by atoms with Crippen molar-refractivity contribution in [2.45, 2.75) is 18.2 Å². The summed E-state index contributed by atoms with van der Waals surface area (Å²) in [5.41, 5.74) is 5.31. The first-order valence-electron chi connectivity index (χ1n) is 2.32. The molecule has 0 aromatic carbocycles. The molecule has 0 rings (SSSR count). The molecule has 1 nitrogen and oxygen atoms in total. The molecule has 0 saturated heterocycles. The van der Waals surface area contributed by atoms with Gasteiger partial charge in [0, 0.05) is 5.37 Å². The highest BCUT2D eigenvalue weighted by molar-refractivity contribution is 7.81. The van der Waals surface area contributed by atoms with E-state index >= 15 is 0 Å². The Hall–Kier alpha value is 0.660. The number of thiol groups is 2. The fourth-order valence-electron chi connectivity index (χ4n) is 0.300. The Balaban J connectivity index is 2.68. The summed E-state index contributed by atoms with van der Waals surface area (Å²) in [5, 5.41) is 0.0483. The largest absolute Gasteiger partial charge is 0.320 e. The van der Waals surface area contributed by atoms with E-state index < -0.39 is 0 Å². The summed E-state index contributed by atoms with van der Waals surface area (Å²) in [6.07, 6.45) is 2.03. The van der Waals surface area contributed by atoms with Gasteiger partial charge in [0.15, 0.2) is 0 Å². The summed E-state index contributed by atoms with van der Waals surface area (Å²) in [5.74, 6) is 0.911. The van der Waals surface area contributed by atoms with Crippen molar-refractivity contribution in [3.05, 3.63) is 0 Å². The van der Waals surface area contributed by atoms with Gasteiger partial charge in [0.2, 0.25) is 0 Å². The monoisotopic (exact) mass is 137 g/mol. The van der Waals surface area contributed by atoms with Gasteiger partial charge in [-0.3, -0.25) is 0 Å². The lowest BCUT2D eigenvalue weighted by Crippen LogP contribution is -2.10. The maximum atomic E-state index is 5.31. The Morgan fingerprint density at radius 2 is 2.14 bits per heavy atom. The zero-order valence-electron chi connectivity index (χ0n) is 4.17. The molecule has 0 saturated carbocycles. The van der Waals surface area contributed by atoms with Crippen LogP contribution in [0.2, 0.25) is 0 Å². The van der Waals surface area contributed by atoms with Crippen LogP contribution in [0.1, 0.15) is 12.8 Å². The van der Waals surface area contributed by atoms with E-state index in [1.807, 2.05) is 0 Å². The summed E-state index contributed by atoms with van der Waals surface area (Å²) in [6, 6.07) is 0. The third kappa shape index (κ3) is 6.66. The molecule has 0 heterocycles. The Labute approximate surface area is 55.5 Å². The van der Waals surface area contributed by atoms with Gasteiger partial charge in [0.25, 0.3) is 0 Å². The van der Waals surface area contributed by atoms with Crippen LogP contribution in [0.25, 0.3) is 0 Å². The molecule has 0 aliphatic heterocycles. The predicted octanol–water partition coefficient (Wildman–Crippen LogP) is 0.911. The Morgan fingerprint density at radius 3 is 2.29 bits per heavy atom. The van der Waals surface area contributed by atoms with Gasteiger partial charge in [-0.15, -0.1) is 0 Å². The quantitative estimate of drug-likeness (QED) is 0.391. The maximum Gasteiger partial charge on any atom is 0.0477 e. The van der Waals surface area contributed by atoms with Gasteiger partial charge in [0.05, 0.1) is 0 Å². The third-order valence-corrected chi connectivity index (χ3v) is 1.23. The van der Waals surface area contributed by atoms with Gasteiger partial charge < -0.3 is 5.73 Å². The van der Waals surface area contributed by atoms with Crippen LogP contribution in [-0.4, -0.2) is 11.1 Å². The SMILES string of the molecule is NC(S)CCCS. The van der Waals surface area contributed by atoms with Crippen molar-refractivity contribution >= 4 is 25.3 Å². The third-order valence-electron chi connectivity index (χ3n) is 0.658. The molecule has 2 N–H and O–H groups in total. The number of nitrogens with two attached hydrogens (primary N) is 1. The van der Waals surface area contributed by atoms with E-state index in [1.165, 1.54) is 0 Å². The van der Waals surface area contributed by atoms with E-state index in [9.17, 15) is 0 Å². The van der Waals surface area contributed by atoms with Crippen LogP contribution >= 0.6 is 25.3 Å². The van der Waals surface area contributed by atoms with Crippen molar-refractivity contribution in [2.24, 2.45) is 5.73 Å². The van der Waals surface area contributed by atoms with Crippen molar-refractivity contribution < 1.29 is 0 Å². The first-order chi connectivity index (χ1) is 3.27. The van der Waals surface area contributed by atoms with Crippen LogP contribution in [-0.2, 0) is 0 Å². The van der Waals surface area contributed by atoms with Gasteiger partial charge in [0.1, 0.15) is 0 Å². The van der Waals surface area contributed by atoms with Crippen LogP contribution < -0.4 is 5.73 Å². The Morgan fingerprint density at radius 1 is 1.57 bits per heavy atom. The van der Waals surface area contributed by atoms with Gasteiger partial charge >= 0.3 is 0 Å². The predicted molar refractivity (Wildman–Crippen MR) is 40.0 cm³/mol. The molecule has 0 aromatic rings. The number of hydrogen-bond acceptors (Lipinski definition) is 3. The molecule has 0 radical (unpaired) electrons. The molecular weight excluding hydrogens is 126 g/mol. The lowest BCUT2D eigenvalue weighted by Gasteiger charge is -1.98. The van der Waals surface area contributed by atoms with Gasteiger partial charge in [-0.25, -0.2) is 0 Å². The molecular formula is C4H11NS2. The zero-order valence-corrected chi connectivity index (χ0v) is 5.96. The fraction of sp³-hybridized carbons (Fsp3) is 1.00. The molecule has 3 heteroatoms. The molecule has 0 aromatic heterocycles. The minimum Gasteiger partial charge on any atom is -0.320 e. The summed E-state index contributed by atoms with van der Waals surface area (Å²) in [7, 11) is 0. The molecule has 1 atom stereocenters. The van der Waals surface area contributed by atoms with E-state index in [2.05, 4.69) is 25.3 Å². The lowest BCUT2D eigenvalue weighted by molar-refractivity contribution is 0.777. The van der Waals surface area contributed by atoms with Crippen molar-refractivity contribution in [3.63, 3.8) is 0 Å². The highest BCUT2D eigenvalue weighted by Crippen LogP contribution is 1.97. The van der Waals surface area contributed by atoms with Crippen LogP contribution in [0.4, 0.5) is 0 Å². The van der Waals surface area contributed by atoms with Crippen LogP contribution in [0, 0.1) is 0 Å². The average molecular weight is 137 g/mol. The highest BCUT2D eigenvalue weighted by atomic mass is 32.1. The molecule has 0 amide bonds. The molecule has 1 unspecified atom stereocenters. The van der Waals surface area contributed by atoms with Crippen LogP contribution in [0.15, 0.2) is 0 Å². The average Bonchev–Trinajstić information content (AvgIpc) is 1.61. The zero-order chi connectivity index (χ0) is 5.70. The lowest BCUT2D eigenvalue weighted by atomic mass is 10.3. The van der Waals surface area contributed by atoms with Crippen molar-refractivity contribution in [3.8, 4) is 0 Å². The minimum atomic E-state index is 0.0483. The van der Waals surface area contributed by atoms with E-state index in [4.69, 9.17) is 5.73 Å². The second kappa shape index (κ2) is 4.81. The topological polar surface area (TPSA) is 26.0 Å². The molecule has 44 valence electrons. The smallest absolute Gasteiger partial charge is 0.0477 e. The highest BCUT2D eigenvalue weighted by Gasteiger charge is 1.89. The van der Waals surface area contributed by atoms with E-state index in [0.29, 0.717) is 0 Å². The van der Waals surface area contributed by atoms with E-state index in [0.717, 1.165) is 18.6 Å². The van der Waals surface area contributed by atoms with Gasteiger partial charge in [-0.2, -0.15) is 25.3 Å². The molecule has 0 spiro atoms. The van der Waals surface area contributed by atoms with E-state index in [-0.39, 0.29) is 5.37 Å². The number of rotatable bonds is 3. The summed E-state index contributed by atoms with van der Waals surface area (Å²) in [6.45, 7) is 0. The minimum absolute atomic E-state index is 0.0483. The van der Waals surface area contributed by atoms with Crippen molar-refractivity contribution in [1.82, 2.24) is 0 Å².